The Labute approximate surface area is 125 Å². The number of amides is 1. The van der Waals surface area contributed by atoms with Gasteiger partial charge in [0, 0.05) is 26.2 Å². The van der Waals surface area contributed by atoms with Crippen molar-refractivity contribution in [3.8, 4) is 6.07 Å². The summed E-state index contributed by atoms with van der Waals surface area (Å²) in [5, 5.41) is 12.5. The van der Waals surface area contributed by atoms with Crippen LogP contribution in [0, 0.1) is 11.3 Å². The molecule has 5 heteroatoms. The quantitative estimate of drug-likeness (QED) is 0.879. The molecule has 1 amide bonds. The van der Waals surface area contributed by atoms with Crippen LogP contribution in [0.15, 0.2) is 24.3 Å². The van der Waals surface area contributed by atoms with Crippen molar-refractivity contribution in [2.45, 2.75) is 18.9 Å². The van der Waals surface area contributed by atoms with Gasteiger partial charge in [-0.15, -0.1) is 0 Å². The number of piperazine rings is 1. The predicted octanol–water partition coefficient (Wildman–Crippen LogP) is 0.959. The molecule has 0 aliphatic carbocycles. The monoisotopic (exact) mass is 284 g/mol. The molecule has 2 saturated heterocycles. The Kier molecular flexibility index (Phi) is 4.07. The molecule has 0 spiro atoms. The van der Waals surface area contributed by atoms with E-state index in [0.717, 1.165) is 51.3 Å². The summed E-state index contributed by atoms with van der Waals surface area (Å²) in [4.78, 5) is 16.5. The van der Waals surface area contributed by atoms with E-state index in [1.165, 1.54) is 0 Å². The smallest absolute Gasteiger partial charge is 0.239 e. The summed E-state index contributed by atoms with van der Waals surface area (Å²) in [6.45, 7) is 3.99. The summed E-state index contributed by atoms with van der Waals surface area (Å²) < 4.78 is 0. The maximum Gasteiger partial charge on any atom is 0.239 e. The van der Waals surface area contributed by atoms with Crippen molar-refractivity contribution in [3.05, 3.63) is 29.8 Å². The molecule has 0 aromatic heterocycles. The van der Waals surface area contributed by atoms with Gasteiger partial charge in [-0.2, -0.15) is 5.26 Å². The molecular weight excluding hydrogens is 264 g/mol. The average molecular weight is 284 g/mol. The van der Waals surface area contributed by atoms with Crippen LogP contribution in [0.25, 0.3) is 0 Å². The Morgan fingerprint density at radius 3 is 2.67 bits per heavy atom. The normalized spacial score (nSPS) is 22.1. The summed E-state index contributed by atoms with van der Waals surface area (Å²) in [7, 11) is 0. The highest BCUT2D eigenvalue weighted by atomic mass is 16.2. The standard InChI is InChI=1S/C16H20N4O/c17-12-13-4-1-2-6-15(13)19-8-10-20(11-9-19)16(21)14-5-3-7-18-14/h1-2,4,6,14,18H,3,5,7-11H2. The van der Waals surface area contributed by atoms with E-state index in [-0.39, 0.29) is 11.9 Å². The number of hydrogen-bond acceptors (Lipinski definition) is 4. The minimum Gasteiger partial charge on any atom is -0.367 e. The van der Waals surface area contributed by atoms with E-state index in [1.54, 1.807) is 0 Å². The van der Waals surface area contributed by atoms with Crippen molar-refractivity contribution in [2.24, 2.45) is 0 Å². The first-order valence-electron chi connectivity index (χ1n) is 7.56. The largest absolute Gasteiger partial charge is 0.367 e. The van der Waals surface area contributed by atoms with Crippen LogP contribution in [0.4, 0.5) is 5.69 Å². The van der Waals surface area contributed by atoms with Crippen LogP contribution in [0.3, 0.4) is 0 Å². The van der Waals surface area contributed by atoms with Crippen LogP contribution >= 0.6 is 0 Å². The molecular formula is C16H20N4O. The van der Waals surface area contributed by atoms with Crippen LogP contribution in [0.5, 0.6) is 0 Å². The Morgan fingerprint density at radius 2 is 2.00 bits per heavy atom. The lowest BCUT2D eigenvalue weighted by atomic mass is 10.1. The SMILES string of the molecule is N#Cc1ccccc1N1CCN(C(=O)C2CCCN2)CC1. The third kappa shape index (κ3) is 2.86. The lowest BCUT2D eigenvalue weighted by molar-refractivity contribution is -0.133. The van der Waals surface area contributed by atoms with E-state index in [4.69, 9.17) is 0 Å². The Balaban J connectivity index is 1.62. The van der Waals surface area contributed by atoms with E-state index >= 15 is 0 Å². The number of nitriles is 1. The Hall–Kier alpha value is -2.06. The molecule has 2 heterocycles. The van der Waals surface area contributed by atoms with E-state index < -0.39 is 0 Å². The fourth-order valence-corrected chi connectivity index (χ4v) is 3.13. The number of carbonyl (C=O) groups excluding carboxylic acids is 1. The number of nitrogens with zero attached hydrogens (tertiary/aromatic N) is 3. The molecule has 2 aliphatic rings. The summed E-state index contributed by atoms with van der Waals surface area (Å²) in [6.07, 6.45) is 2.04. The fraction of sp³-hybridized carbons (Fsp3) is 0.500. The molecule has 5 nitrogen and oxygen atoms in total. The summed E-state index contributed by atoms with van der Waals surface area (Å²) >= 11 is 0. The van der Waals surface area contributed by atoms with E-state index in [9.17, 15) is 10.1 Å². The second-order valence-corrected chi connectivity index (χ2v) is 5.59. The van der Waals surface area contributed by atoms with Crippen LogP contribution in [-0.4, -0.2) is 49.6 Å². The average Bonchev–Trinajstić information content (AvgIpc) is 3.09. The first kappa shape index (κ1) is 13.9. The number of hydrogen-bond donors (Lipinski definition) is 1. The van der Waals surface area contributed by atoms with Gasteiger partial charge in [-0.3, -0.25) is 4.79 Å². The van der Waals surface area contributed by atoms with Gasteiger partial charge >= 0.3 is 0 Å². The second kappa shape index (κ2) is 6.15. The first-order valence-corrected chi connectivity index (χ1v) is 7.56. The molecule has 3 rings (SSSR count). The van der Waals surface area contributed by atoms with Crippen molar-refractivity contribution in [1.29, 1.82) is 5.26 Å². The van der Waals surface area contributed by atoms with Gasteiger partial charge in [-0.25, -0.2) is 0 Å². The van der Waals surface area contributed by atoms with Gasteiger partial charge in [0.25, 0.3) is 0 Å². The zero-order valence-electron chi connectivity index (χ0n) is 12.1. The maximum atomic E-state index is 12.4. The molecule has 1 unspecified atom stereocenters. The number of rotatable bonds is 2. The first-order chi connectivity index (χ1) is 10.3. The van der Waals surface area contributed by atoms with E-state index in [2.05, 4.69) is 16.3 Å². The fourth-order valence-electron chi connectivity index (χ4n) is 3.13. The van der Waals surface area contributed by atoms with E-state index in [1.807, 2.05) is 29.2 Å². The minimum absolute atomic E-state index is 0.0166. The zero-order chi connectivity index (χ0) is 14.7. The molecule has 1 aromatic carbocycles. The highest BCUT2D eigenvalue weighted by Crippen LogP contribution is 2.21. The number of carbonyl (C=O) groups is 1. The number of benzene rings is 1. The van der Waals surface area contributed by atoms with Gasteiger partial charge in [0.15, 0.2) is 0 Å². The van der Waals surface area contributed by atoms with Gasteiger partial charge in [-0.05, 0) is 31.5 Å². The van der Waals surface area contributed by atoms with Crippen molar-refractivity contribution >= 4 is 11.6 Å². The molecule has 1 aromatic rings. The minimum atomic E-state index is 0.0166. The summed E-state index contributed by atoms with van der Waals surface area (Å²) in [5.41, 5.74) is 1.68. The molecule has 110 valence electrons. The molecule has 0 radical (unpaired) electrons. The lowest BCUT2D eigenvalue weighted by Gasteiger charge is -2.37. The topological polar surface area (TPSA) is 59.4 Å². The van der Waals surface area contributed by atoms with Gasteiger partial charge in [0.05, 0.1) is 17.3 Å². The van der Waals surface area contributed by atoms with Crippen LogP contribution < -0.4 is 10.2 Å². The molecule has 0 bridgehead atoms. The zero-order valence-corrected chi connectivity index (χ0v) is 12.1. The third-order valence-electron chi connectivity index (χ3n) is 4.31. The van der Waals surface area contributed by atoms with Gasteiger partial charge in [-0.1, -0.05) is 12.1 Å². The molecule has 1 atom stereocenters. The maximum absolute atomic E-state index is 12.4. The predicted molar refractivity (Wildman–Crippen MR) is 81.0 cm³/mol. The lowest BCUT2D eigenvalue weighted by Crippen LogP contribution is -2.53. The third-order valence-corrected chi connectivity index (χ3v) is 4.31. The number of anilines is 1. The van der Waals surface area contributed by atoms with Crippen molar-refractivity contribution < 1.29 is 4.79 Å². The van der Waals surface area contributed by atoms with Crippen LogP contribution in [0.1, 0.15) is 18.4 Å². The number of nitrogens with one attached hydrogen (secondary N) is 1. The molecule has 0 saturated carbocycles. The van der Waals surface area contributed by atoms with Crippen LogP contribution in [-0.2, 0) is 4.79 Å². The van der Waals surface area contributed by atoms with Crippen molar-refractivity contribution in [2.75, 3.05) is 37.6 Å². The van der Waals surface area contributed by atoms with Gasteiger partial charge in [0.1, 0.15) is 6.07 Å². The highest BCUT2D eigenvalue weighted by molar-refractivity contribution is 5.82. The van der Waals surface area contributed by atoms with Gasteiger partial charge < -0.3 is 15.1 Å². The Bertz CT molecular complexity index is 552. The summed E-state index contributed by atoms with van der Waals surface area (Å²) in [5.74, 6) is 0.237. The molecule has 21 heavy (non-hydrogen) atoms. The summed E-state index contributed by atoms with van der Waals surface area (Å²) in [6, 6.07) is 9.92. The van der Waals surface area contributed by atoms with E-state index in [0.29, 0.717) is 5.56 Å². The van der Waals surface area contributed by atoms with Crippen molar-refractivity contribution in [3.63, 3.8) is 0 Å². The van der Waals surface area contributed by atoms with Gasteiger partial charge in [0.2, 0.25) is 5.91 Å². The Morgan fingerprint density at radius 1 is 1.24 bits per heavy atom. The molecule has 2 fully saturated rings. The highest BCUT2D eigenvalue weighted by Gasteiger charge is 2.29. The molecule has 2 aliphatic heterocycles. The van der Waals surface area contributed by atoms with Crippen molar-refractivity contribution in [1.82, 2.24) is 10.2 Å². The second-order valence-electron chi connectivity index (χ2n) is 5.59. The van der Waals surface area contributed by atoms with Crippen LogP contribution in [0.2, 0.25) is 0 Å². The number of para-hydroxylation sites is 1. The molecule has 1 N–H and O–H groups in total.